The van der Waals surface area contributed by atoms with Gasteiger partial charge in [0, 0.05) is 12.8 Å². The van der Waals surface area contributed by atoms with Crippen LogP contribution in [0.1, 0.15) is 194 Å². The summed E-state index contributed by atoms with van der Waals surface area (Å²) in [6.45, 7) is 3.18. The third-order valence-corrected chi connectivity index (χ3v) is 12.2. The van der Waals surface area contributed by atoms with Crippen LogP contribution in [-0.4, -0.2) is 98.3 Å². The van der Waals surface area contributed by atoms with Gasteiger partial charge >= 0.3 is 19.8 Å². The normalized spacial score (nSPS) is 22.1. The van der Waals surface area contributed by atoms with Crippen molar-refractivity contribution in [2.45, 2.75) is 236 Å². The van der Waals surface area contributed by atoms with Gasteiger partial charge in [0.05, 0.1) is 6.61 Å². The van der Waals surface area contributed by atoms with Gasteiger partial charge in [0.25, 0.3) is 0 Å². The van der Waals surface area contributed by atoms with Gasteiger partial charge in [-0.1, -0.05) is 178 Å². The number of ether oxygens (including phenoxy) is 2. The summed E-state index contributed by atoms with van der Waals surface area (Å²) in [5.41, 5.74) is 0. The van der Waals surface area contributed by atoms with E-state index in [9.17, 15) is 44.6 Å². The molecule has 0 saturated heterocycles. The van der Waals surface area contributed by atoms with Crippen LogP contribution in [0.2, 0.25) is 0 Å². The Hall–Kier alpha value is -2.19. The van der Waals surface area contributed by atoms with Crippen molar-refractivity contribution < 1.29 is 63.1 Å². The lowest BCUT2D eigenvalue weighted by molar-refractivity contribution is -0.220. The lowest BCUT2D eigenvalue weighted by atomic mass is 9.85. The van der Waals surface area contributed by atoms with E-state index in [-0.39, 0.29) is 12.8 Å². The van der Waals surface area contributed by atoms with Gasteiger partial charge in [0.15, 0.2) is 6.10 Å². The van der Waals surface area contributed by atoms with Crippen molar-refractivity contribution in [2.24, 2.45) is 0 Å². The molecule has 0 bridgehead atoms. The Labute approximate surface area is 380 Å². The van der Waals surface area contributed by atoms with E-state index in [1.165, 1.54) is 77.0 Å². The minimum absolute atomic E-state index is 0.0931. The Morgan fingerprint density at radius 1 is 0.508 bits per heavy atom. The first kappa shape index (κ1) is 58.8. The molecule has 0 aromatic carbocycles. The molecule has 0 spiro atoms. The number of allylic oxidation sites excluding steroid dienone is 8. The van der Waals surface area contributed by atoms with Crippen molar-refractivity contribution in [3.63, 3.8) is 0 Å². The second-order valence-electron chi connectivity index (χ2n) is 16.9. The number of phosphoric ester groups is 1. The maximum Gasteiger partial charge on any atom is 0.472 e. The molecule has 1 fully saturated rings. The number of hydrogen-bond acceptors (Lipinski definition) is 12. The molecule has 0 aliphatic heterocycles. The van der Waals surface area contributed by atoms with Crippen LogP contribution in [0, 0.1) is 0 Å². The zero-order chi connectivity index (χ0) is 46.4. The van der Waals surface area contributed by atoms with Crippen LogP contribution in [0.5, 0.6) is 0 Å². The molecule has 1 saturated carbocycles. The summed E-state index contributed by atoms with van der Waals surface area (Å²) in [4.78, 5) is 35.8. The van der Waals surface area contributed by atoms with E-state index in [0.29, 0.717) is 12.8 Å². The van der Waals surface area contributed by atoms with E-state index in [1.807, 2.05) is 0 Å². The van der Waals surface area contributed by atoms with Gasteiger partial charge in [-0.3, -0.25) is 18.6 Å². The van der Waals surface area contributed by atoms with E-state index in [2.05, 4.69) is 62.5 Å². The van der Waals surface area contributed by atoms with E-state index < -0.39 is 75.7 Å². The summed E-state index contributed by atoms with van der Waals surface area (Å²) in [6, 6.07) is 0. The number of aliphatic hydroxyl groups is 5. The molecule has 1 aliphatic carbocycles. The van der Waals surface area contributed by atoms with Crippen molar-refractivity contribution in [1.82, 2.24) is 0 Å². The Balaban J connectivity index is 2.44. The molecule has 1 rings (SSSR count). The van der Waals surface area contributed by atoms with E-state index >= 15 is 0 Å². The minimum Gasteiger partial charge on any atom is -0.462 e. The number of unbranched alkanes of at least 4 members (excludes halogenated alkanes) is 20. The quantitative estimate of drug-likeness (QED) is 0.0147. The highest BCUT2D eigenvalue weighted by Gasteiger charge is 2.51. The zero-order valence-electron chi connectivity index (χ0n) is 38.9. The third kappa shape index (κ3) is 31.4. The summed E-state index contributed by atoms with van der Waals surface area (Å²) >= 11 is 0. The summed E-state index contributed by atoms with van der Waals surface area (Å²) in [5, 5.41) is 50.2. The van der Waals surface area contributed by atoms with Crippen molar-refractivity contribution in [2.75, 3.05) is 13.2 Å². The summed E-state index contributed by atoms with van der Waals surface area (Å²) < 4.78 is 33.6. The number of phosphoric acid groups is 1. The largest absolute Gasteiger partial charge is 0.472 e. The minimum atomic E-state index is -5.13. The second kappa shape index (κ2) is 39.0. The fraction of sp³-hybridized carbons (Fsp3) is 0.796. The standard InChI is InChI=1S/C49H87O13P/c1-3-5-7-9-11-13-15-17-19-21-23-25-27-29-31-33-35-37-42(50)59-39-41(40-60-63(57,58)62-49-47(55)45(53)44(52)46(54)48(49)56)61-43(51)38-36-34-32-30-28-26-24-22-20-18-16-14-12-10-8-6-4-2/h5,7,11,13,17,19,23,25,41,44-49,52-56H,3-4,6,8-10,12,14-16,18,20-22,24,26-40H2,1-2H3,(H,57,58)/t41-,44?,45-,46?,47?,48?,49?/m1/s1. The molecule has 366 valence electrons. The van der Waals surface area contributed by atoms with Crippen molar-refractivity contribution in [3.8, 4) is 0 Å². The molecule has 8 atom stereocenters. The lowest BCUT2D eigenvalue weighted by Gasteiger charge is -2.41. The van der Waals surface area contributed by atoms with Crippen LogP contribution in [0.3, 0.4) is 0 Å². The molecule has 6 N–H and O–H groups in total. The SMILES string of the molecule is CCC=CCC=CCC=CCC=CCCCCCCC(=O)OC[C@H](COP(=O)(O)OC1C(O)C(O)C(O)[C@@H](O)C1O)OC(=O)CCCCCCCCCCCCCCCCCCC. The van der Waals surface area contributed by atoms with Crippen LogP contribution in [-0.2, 0) is 32.7 Å². The molecule has 0 aromatic rings. The van der Waals surface area contributed by atoms with E-state index in [4.69, 9.17) is 18.5 Å². The van der Waals surface area contributed by atoms with Gasteiger partial charge in [-0.25, -0.2) is 4.57 Å². The first-order valence-electron chi connectivity index (χ1n) is 24.4. The lowest BCUT2D eigenvalue weighted by Crippen LogP contribution is -2.64. The molecule has 1 aliphatic rings. The molecule has 0 heterocycles. The number of esters is 2. The van der Waals surface area contributed by atoms with Crippen LogP contribution >= 0.6 is 7.82 Å². The number of rotatable bonds is 40. The Morgan fingerprint density at radius 3 is 1.38 bits per heavy atom. The highest BCUT2D eigenvalue weighted by Crippen LogP contribution is 2.47. The summed E-state index contributed by atoms with van der Waals surface area (Å²) in [6.07, 6.45) is 33.0. The Bertz CT molecular complexity index is 1290. The number of aliphatic hydroxyl groups excluding tert-OH is 5. The van der Waals surface area contributed by atoms with Crippen LogP contribution < -0.4 is 0 Å². The van der Waals surface area contributed by atoms with Crippen LogP contribution in [0.15, 0.2) is 48.6 Å². The number of carbonyl (C=O) groups excluding carboxylic acids is 2. The predicted octanol–water partition coefficient (Wildman–Crippen LogP) is 9.95. The molecule has 6 unspecified atom stereocenters. The van der Waals surface area contributed by atoms with Crippen LogP contribution in [0.4, 0.5) is 0 Å². The molecular weight excluding hydrogens is 827 g/mol. The average Bonchev–Trinajstić information content (AvgIpc) is 3.26. The third-order valence-electron chi connectivity index (χ3n) is 11.2. The van der Waals surface area contributed by atoms with Gasteiger partial charge in [0.2, 0.25) is 0 Å². The first-order valence-corrected chi connectivity index (χ1v) is 25.9. The molecule has 0 radical (unpaired) electrons. The van der Waals surface area contributed by atoms with Gasteiger partial charge in [-0.2, -0.15) is 0 Å². The maximum absolute atomic E-state index is 12.8. The summed E-state index contributed by atoms with van der Waals surface area (Å²) in [7, 11) is -5.13. The van der Waals surface area contributed by atoms with E-state index in [0.717, 1.165) is 77.0 Å². The number of hydrogen-bond donors (Lipinski definition) is 6. The predicted molar refractivity (Wildman–Crippen MR) is 249 cm³/mol. The Kier molecular flexibility index (Phi) is 36.4. The fourth-order valence-electron chi connectivity index (χ4n) is 7.28. The fourth-order valence-corrected chi connectivity index (χ4v) is 8.25. The molecular formula is C49H87O13P. The van der Waals surface area contributed by atoms with Crippen molar-refractivity contribution in [1.29, 1.82) is 0 Å². The number of carbonyl (C=O) groups is 2. The van der Waals surface area contributed by atoms with Gasteiger partial charge in [-0.05, 0) is 51.4 Å². The van der Waals surface area contributed by atoms with Gasteiger partial charge in [-0.15, -0.1) is 0 Å². The maximum atomic E-state index is 12.8. The summed E-state index contributed by atoms with van der Waals surface area (Å²) in [5.74, 6) is -1.12. The topological polar surface area (TPSA) is 210 Å². The molecule has 0 aromatic heterocycles. The molecule has 63 heavy (non-hydrogen) atoms. The highest BCUT2D eigenvalue weighted by atomic mass is 31.2. The van der Waals surface area contributed by atoms with Crippen LogP contribution in [0.25, 0.3) is 0 Å². The van der Waals surface area contributed by atoms with Gasteiger partial charge in [0.1, 0.15) is 43.2 Å². The zero-order valence-corrected chi connectivity index (χ0v) is 39.8. The average molecular weight is 915 g/mol. The molecule has 0 amide bonds. The smallest absolute Gasteiger partial charge is 0.462 e. The van der Waals surface area contributed by atoms with E-state index in [1.54, 1.807) is 0 Å². The monoisotopic (exact) mass is 915 g/mol. The van der Waals surface area contributed by atoms with Crippen molar-refractivity contribution in [3.05, 3.63) is 48.6 Å². The molecule has 13 nitrogen and oxygen atoms in total. The highest BCUT2D eigenvalue weighted by molar-refractivity contribution is 7.47. The first-order chi connectivity index (χ1) is 30.4. The van der Waals surface area contributed by atoms with Crippen molar-refractivity contribution >= 4 is 19.8 Å². The second-order valence-corrected chi connectivity index (χ2v) is 18.3. The molecule has 14 heteroatoms. The van der Waals surface area contributed by atoms with Gasteiger partial charge < -0.3 is 39.9 Å². The Morgan fingerprint density at radius 2 is 0.905 bits per heavy atom.